The van der Waals surface area contributed by atoms with Gasteiger partial charge in [0.05, 0.1) is 10.0 Å². The minimum atomic E-state index is 0.000175. The number of hydrogen-bond donors (Lipinski definition) is 0. The van der Waals surface area contributed by atoms with Gasteiger partial charge in [-0.2, -0.15) is 0 Å². The van der Waals surface area contributed by atoms with Gasteiger partial charge in [-0.25, -0.2) is 0 Å². The van der Waals surface area contributed by atoms with E-state index in [0.717, 1.165) is 11.1 Å². The van der Waals surface area contributed by atoms with Crippen molar-refractivity contribution in [3.05, 3.63) is 78.8 Å². The van der Waals surface area contributed by atoms with Crippen molar-refractivity contribution < 1.29 is 4.79 Å². The van der Waals surface area contributed by atoms with Crippen LogP contribution >= 0.6 is 46.4 Å². The van der Waals surface area contributed by atoms with E-state index in [4.69, 9.17) is 46.4 Å². The Balaban J connectivity index is 1.96. The van der Waals surface area contributed by atoms with Crippen LogP contribution in [0.5, 0.6) is 0 Å². The molecule has 3 rings (SSSR count). The first-order chi connectivity index (χ1) is 12.3. The minimum absolute atomic E-state index is 0.000175. The zero-order chi connectivity index (χ0) is 18.8. The van der Waals surface area contributed by atoms with Gasteiger partial charge >= 0.3 is 0 Å². The molecule has 0 aromatic heterocycles. The van der Waals surface area contributed by atoms with E-state index < -0.39 is 0 Å². The summed E-state index contributed by atoms with van der Waals surface area (Å²) in [5.74, 6) is 0.000175. The second-order valence-electron chi connectivity index (χ2n) is 6.18. The Morgan fingerprint density at radius 1 is 0.846 bits per heavy atom. The molecule has 2 aromatic rings. The van der Waals surface area contributed by atoms with Gasteiger partial charge in [0.1, 0.15) is 0 Å². The van der Waals surface area contributed by atoms with Crippen LogP contribution in [0, 0.1) is 0 Å². The average molecular weight is 427 g/mol. The minimum Gasteiger partial charge on any atom is -0.298 e. The molecule has 0 atom stereocenters. The Morgan fingerprint density at radius 3 is 2.19 bits per heavy atom. The van der Waals surface area contributed by atoms with E-state index in [0.29, 0.717) is 44.3 Å². The number of rotatable bonds is 2. The van der Waals surface area contributed by atoms with Gasteiger partial charge in [-0.3, -0.25) is 9.69 Å². The van der Waals surface area contributed by atoms with Gasteiger partial charge in [-0.1, -0.05) is 58.5 Å². The number of carbonyl (C=O) groups is 1. The van der Waals surface area contributed by atoms with Crippen LogP contribution in [0.15, 0.2) is 47.5 Å². The van der Waals surface area contributed by atoms with Gasteiger partial charge in [0, 0.05) is 34.3 Å². The van der Waals surface area contributed by atoms with Gasteiger partial charge in [0.2, 0.25) is 0 Å². The largest absolute Gasteiger partial charge is 0.298 e. The molecular formula is C20H15Cl4NO. The normalized spacial score (nSPS) is 18.7. The van der Waals surface area contributed by atoms with E-state index in [2.05, 4.69) is 4.90 Å². The monoisotopic (exact) mass is 425 g/mol. The molecule has 1 fully saturated rings. The van der Waals surface area contributed by atoms with Crippen molar-refractivity contribution >= 4 is 64.3 Å². The molecule has 0 radical (unpaired) electrons. The van der Waals surface area contributed by atoms with E-state index >= 15 is 0 Å². The summed E-state index contributed by atoms with van der Waals surface area (Å²) in [6.07, 6.45) is 3.66. The van der Waals surface area contributed by atoms with Crippen LogP contribution in [0.1, 0.15) is 11.1 Å². The molecule has 0 aliphatic carbocycles. The van der Waals surface area contributed by atoms with E-state index in [-0.39, 0.29) is 5.78 Å². The zero-order valence-corrected chi connectivity index (χ0v) is 16.9. The van der Waals surface area contributed by atoms with Crippen molar-refractivity contribution in [3.63, 3.8) is 0 Å². The molecule has 6 heteroatoms. The smallest absolute Gasteiger partial charge is 0.187 e. The summed E-state index contributed by atoms with van der Waals surface area (Å²) in [4.78, 5) is 15.0. The molecule has 26 heavy (non-hydrogen) atoms. The molecule has 1 heterocycles. The van der Waals surface area contributed by atoms with Crippen molar-refractivity contribution in [1.29, 1.82) is 0 Å². The number of benzene rings is 2. The van der Waals surface area contributed by atoms with Crippen LogP contribution in [0.3, 0.4) is 0 Å². The predicted molar refractivity (Wildman–Crippen MR) is 111 cm³/mol. The molecule has 0 N–H and O–H groups in total. The number of hydrogen-bond acceptors (Lipinski definition) is 2. The molecule has 0 spiro atoms. The number of likely N-dealkylation sites (N-methyl/N-ethyl adjacent to an activating group) is 1. The van der Waals surface area contributed by atoms with E-state index in [1.807, 2.05) is 31.3 Å². The van der Waals surface area contributed by atoms with Gasteiger partial charge in [0.15, 0.2) is 5.78 Å². The fraction of sp³-hybridized carbons (Fsp3) is 0.150. The summed E-state index contributed by atoms with van der Waals surface area (Å²) < 4.78 is 0. The zero-order valence-electron chi connectivity index (χ0n) is 13.9. The third-order valence-electron chi connectivity index (χ3n) is 4.04. The van der Waals surface area contributed by atoms with Crippen molar-refractivity contribution in [2.45, 2.75) is 0 Å². The molecule has 1 aliphatic rings. The van der Waals surface area contributed by atoms with Crippen molar-refractivity contribution in [3.8, 4) is 0 Å². The van der Waals surface area contributed by atoms with E-state index in [1.54, 1.807) is 24.3 Å². The number of carbonyl (C=O) groups excluding carboxylic acids is 1. The Hall–Kier alpha value is -1.29. The van der Waals surface area contributed by atoms with Gasteiger partial charge in [-0.15, -0.1) is 0 Å². The molecule has 0 saturated carbocycles. The van der Waals surface area contributed by atoms with Gasteiger partial charge in [-0.05, 0) is 54.6 Å². The topological polar surface area (TPSA) is 20.3 Å². The number of halogens is 4. The first-order valence-corrected chi connectivity index (χ1v) is 9.39. The molecule has 0 bridgehead atoms. The predicted octanol–water partition coefficient (Wildman–Crippen LogP) is 6.28. The van der Waals surface area contributed by atoms with Gasteiger partial charge < -0.3 is 0 Å². The van der Waals surface area contributed by atoms with Crippen LogP contribution in [0.25, 0.3) is 12.2 Å². The lowest BCUT2D eigenvalue weighted by molar-refractivity contribution is -0.113. The Kier molecular flexibility index (Phi) is 6.11. The van der Waals surface area contributed by atoms with Crippen LogP contribution in [-0.2, 0) is 4.79 Å². The number of ketones is 1. The standard InChI is InChI=1S/C20H15Cl4NO/c1-25-10-14(6-12-2-5-17(22)19(24)7-12)20(26)15(11-25)8-13-3-4-16(21)9-18(13)23/h2-9H,10-11H2,1H3. The molecule has 0 unspecified atom stereocenters. The SMILES string of the molecule is CN1CC(=Cc2ccc(Cl)c(Cl)c2)C(=O)C(=Cc2ccc(Cl)cc2Cl)C1. The third-order valence-corrected chi connectivity index (χ3v) is 5.34. The molecule has 1 saturated heterocycles. The number of likely N-dealkylation sites (tertiary alicyclic amines) is 1. The summed E-state index contributed by atoms with van der Waals surface area (Å²) >= 11 is 24.2. The maximum absolute atomic E-state index is 12.9. The molecule has 0 amide bonds. The fourth-order valence-electron chi connectivity index (χ4n) is 2.82. The first-order valence-electron chi connectivity index (χ1n) is 7.88. The average Bonchev–Trinajstić information content (AvgIpc) is 2.57. The molecule has 134 valence electrons. The fourth-order valence-corrected chi connectivity index (χ4v) is 3.59. The maximum Gasteiger partial charge on any atom is 0.187 e. The first kappa shape index (κ1) is 19.5. The van der Waals surface area contributed by atoms with Gasteiger partial charge in [0.25, 0.3) is 0 Å². The number of Topliss-reactive ketones (excluding diaryl/α,β-unsaturated/α-hetero) is 1. The Bertz CT molecular complexity index is 933. The van der Waals surface area contributed by atoms with E-state index in [9.17, 15) is 4.79 Å². The lowest BCUT2D eigenvalue weighted by Crippen LogP contribution is -2.34. The lowest BCUT2D eigenvalue weighted by Gasteiger charge is -2.26. The third kappa shape index (κ3) is 4.51. The molecular weight excluding hydrogens is 412 g/mol. The summed E-state index contributed by atoms with van der Waals surface area (Å²) in [5, 5.41) is 2.02. The molecule has 2 aromatic carbocycles. The van der Waals surface area contributed by atoms with E-state index in [1.165, 1.54) is 0 Å². The summed E-state index contributed by atoms with van der Waals surface area (Å²) in [6.45, 7) is 1.11. The second kappa shape index (κ2) is 8.16. The highest BCUT2D eigenvalue weighted by atomic mass is 35.5. The van der Waals surface area contributed by atoms with Crippen LogP contribution in [0.2, 0.25) is 20.1 Å². The second-order valence-corrected chi connectivity index (χ2v) is 7.84. The van der Waals surface area contributed by atoms with Crippen LogP contribution < -0.4 is 0 Å². The highest BCUT2D eigenvalue weighted by Crippen LogP contribution is 2.28. The summed E-state index contributed by atoms with van der Waals surface area (Å²) in [6, 6.07) is 10.5. The molecule has 1 aliphatic heterocycles. The number of piperidine rings is 1. The van der Waals surface area contributed by atoms with Crippen molar-refractivity contribution in [2.75, 3.05) is 20.1 Å². The number of nitrogens with zero attached hydrogens (tertiary/aromatic N) is 1. The van der Waals surface area contributed by atoms with Crippen molar-refractivity contribution in [2.24, 2.45) is 0 Å². The molecule has 2 nitrogen and oxygen atoms in total. The van der Waals surface area contributed by atoms with Crippen LogP contribution in [-0.4, -0.2) is 30.8 Å². The Labute approximate surface area is 172 Å². The maximum atomic E-state index is 12.9. The quantitative estimate of drug-likeness (QED) is 0.526. The summed E-state index contributed by atoms with van der Waals surface area (Å²) in [5.41, 5.74) is 2.97. The van der Waals surface area contributed by atoms with Crippen LogP contribution in [0.4, 0.5) is 0 Å². The summed E-state index contributed by atoms with van der Waals surface area (Å²) in [7, 11) is 1.96. The Morgan fingerprint density at radius 2 is 1.54 bits per heavy atom. The highest BCUT2D eigenvalue weighted by molar-refractivity contribution is 6.42. The van der Waals surface area contributed by atoms with Crippen molar-refractivity contribution in [1.82, 2.24) is 4.90 Å². The lowest BCUT2D eigenvalue weighted by atomic mass is 9.94. The highest BCUT2D eigenvalue weighted by Gasteiger charge is 2.24.